The third-order valence-electron chi connectivity index (χ3n) is 6.73. The Bertz CT molecular complexity index is 1070. The van der Waals surface area contributed by atoms with E-state index in [2.05, 4.69) is 48.0 Å². The topological polar surface area (TPSA) is 56.1 Å². The molecule has 33 heavy (non-hydrogen) atoms. The fourth-order valence-corrected chi connectivity index (χ4v) is 4.91. The molecule has 1 atom stereocenters. The van der Waals surface area contributed by atoms with E-state index < -0.39 is 0 Å². The molecule has 1 unspecified atom stereocenters. The van der Waals surface area contributed by atoms with E-state index in [4.69, 9.17) is 9.72 Å². The van der Waals surface area contributed by atoms with E-state index >= 15 is 0 Å². The second kappa shape index (κ2) is 10.9. The third-order valence-corrected chi connectivity index (χ3v) is 6.73. The molecule has 0 spiro atoms. The van der Waals surface area contributed by atoms with Crippen molar-refractivity contribution in [3.63, 3.8) is 0 Å². The number of para-hydroxylation sites is 3. The summed E-state index contributed by atoms with van der Waals surface area (Å²) in [6, 6.07) is 16.4. The molecule has 1 aliphatic carbocycles. The number of hydrogen-bond acceptors (Lipinski definition) is 3. The van der Waals surface area contributed by atoms with Crippen molar-refractivity contribution >= 4 is 16.9 Å². The summed E-state index contributed by atoms with van der Waals surface area (Å²) >= 11 is 0. The second-order valence-electron chi connectivity index (χ2n) is 9.57. The van der Waals surface area contributed by atoms with Crippen LogP contribution in [-0.2, 0) is 11.3 Å². The van der Waals surface area contributed by atoms with Crippen LogP contribution in [0.15, 0.2) is 48.5 Å². The van der Waals surface area contributed by atoms with Crippen LogP contribution in [0, 0.1) is 5.92 Å². The van der Waals surface area contributed by atoms with Gasteiger partial charge in [-0.2, -0.15) is 0 Å². The number of amides is 1. The van der Waals surface area contributed by atoms with Gasteiger partial charge in [-0.1, -0.05) is 63.4 Å². The zero-order valence-corrected chi connectivity index (χ0v) is 20.2. The number of nitrogens with zero attached hydrogens (tertiary/aromatic N) is 2. The number of hydrogen-bond donors (Lipinski definition) is 1. The Labute approximate surface area is 197 Å². The molecule has 1 aromatic heterocycles. The first kappa shape index (κ1) is 23.3. The van der Waals surface area contributed by atoms with Gasteiger partial charge in [0.05, 0.1) is 23.7 Å². The molecule has 1 amide bonds. The SMILES string of the molecule is CC(C)c1ccccc1OCCCn1c(C(C)NC(=O)C2CCCCC2)nc2ccccc21. The minimum atomic E-state index is -0.130. The number of fused-ring (bicyclic) bond motifs is 1. The van der Waals surface area contributed by atoms with Crippen molar-refractivity contribution in [3.05, 3.63) is 59.9 Å². The predicted octanol–water partition coefficient (Wildman–Crippen LogP) is 6.39. The van der Waals surface area contributed by atoms with Gasteiger partial charge in [-0.25, -0.2) is 4.98 Å². The minimum Gasteiger partial charge on any atom is -0.493 e. The van der Waals surface area contributed by atoms with Gasteiger partial charge < -0.3 is 14.6 Å². The lowest BCUT2D eigenvalue weighted by Gasteiger charge is -2.23. The quantitative estimate of drug-likeness (QED) is 0.387. The number of rotatable bonds is 9. The van der Waals surface area contributed by atoms with Gasteiger partial charge in [0, 0.05) is 12.5 Å². The van der Waals surface area contributed by atoms with Crippen molar-refractivity contribution in [1.29, 1.82) is 0 Å². The summed E-state index contributed by atoms with van der Waals surface area (Å²) < 4.78 is 8.40. The van der Waals surface area contributed by atoms with Crippen LogP contribution < -0.4 is 10.1 Å². The van der Waals surface area contributed by atoms with E-state index in [1.165, 1.54) is 12.0 Å². The molecular formula is C28H37N3O2. The lowest BCUT2D eigenvalue weighted by atomic mass is 9.88. The van der Waals surface area contributed by atoms with Crippen LogP contribution in [0.1, 0.15) is 82.6 Å². The number of nitrogens with one attached hydrogen (secondary N) is 1. The summed E-state index contributed by atoms with van der Waals surface area (Å²) in [4.78, 5) is 17.7. The molecule has 0 aliphatic heterocycles. The van der Waals surface area contributed by atoms with Gasteiger partial charge in [0.1, 0.15) is 11.6 Å². The lowest BCUT2D eigenvalue weighted by molar-refractivity contribution is -0.126. The van der Waals surface area contributed by atoms with Crippen LogP contribution in [0.3, 0.4) is 0 Å². The molecule has 2 aromatic carbocycles. The minimum absolute atomic E-state index is 0.130. The van der Waals surface area contributed by atoms with Gasteiger partial charge in [0.2, 0.25) is 5.91 Å². The van der Waals surface area contributed by atoms with Crippen molar-refractivity contribution in [3.8, 4) is 5.75 Å². The van der Waals surface area contributed by atoms with Gasteiger partial charge in [0.25, 0.3) is 0 Å². The van der Waals surface area contributed by atoms with Crippen molar-refractivity contribution in [2.45, 2.75) is 77.8 Å². The average molecular weight is 448 g/mol. The highest BCUT2D eigenvalue weighted by Crippen LogP contribution is 2.27. The fraction of sp³-hybridized carbons (Fsp3) is 0.500. The molecule has 1 N–H and O–H groups in total. The van der Waals surface area contributed by atoms with Crippen LogP contribution in [0.4, 0.5) is 0 Å². The van der Waals surface area contributed by atoms with Crippen LogP contribution in [-0.4, -0.2) is 22.1 Å². The van der Waals surface area contributed by atoms with Crippen LogP contribution >= 0.6 is 0 Å². The zero-order chi connectivity index (χ0) is 23.2. The second-order valence-corrected chi connectivity index (χ2v) is 9.57. The Hall–Kier alpha value is -2.82. The first-order valence-corrected chi connectivity index (χ1v) is 12.5. The number of aromatic nitrogens is 2. The number of ether oxygens (including phenoxy) is 1. The summed E-state index contributed by atoms with van der Waals surface area (Å²) in [5.41, 5.74) is 3.32. The Morgan fingerprint density at radius 2 is 1.79 bits per heavy atom. The maximum atomic E-state index is 12.8. The number of carbonyl (C=O) groups is 1. The Kier molecular flexibility index (Phi) is 7.69. The van der Waals surface area contributed by atoms with Gasteiger partial charge in [-0.05, 0) is 55.9 Å². The van der Waals surface area contributed by atoms with E-state index in [-0.39, 0.29) is 17.9 Å². The maximum absolute atomic E-state index is 12.8. The van der Waals surface area contributed by atoms with Crippen LogP contribution in [0.5, 0.6) is 5.75 Å². The monoisotopic (exact) mass is 447 g/mol. The molecule has 3 aromatic rings. The van der Waals surface area contributed by atoms with E-state index in [0.717, 1.165) is 61.3 Å². The fourth-order valence-electron chi connectivity index (χ4n) is 4.91. The van der Waals surface area contributed by atoms with E-state index in [0.29, 0.717) is 12.5 Å². The van der Waals surface area contributed by atoms with Crippen molar-refractivity contribution in [2.24, 2.45) is 5.92 Å². The van der Waals surface area contributed by atoms with Gasteiger partial charge in [0.15, 0.2) is 0 Å². The number of imidazole rings is 1. The molecule has 5 heteroatoms. The molecule has 0 bridgehead atoms. The average Bonchev–Trinajstić information content (AvgIpc) is 3.21. The predicted molar refractivity (Wildman–Crippen MR) is 134 cm³/mol. The van der Waals surface area contributed by atoms with Crippen molar-refractivity contribution in [1.82, 2.24) is 14.9 Å². The van der Waals surface area contributed by atoms with Crippen LogP contribution in [0.2, 0.25) is 0 Å². The standard InChI is InChI=1S/C28H37N3O2/c1-20(2)23-14-7-10-17-26(23)33-19-11-18-31-25-16-9-8-15-24(25)30-27(31)21(3)29-28(32)22-12-5-4-6-13-22/h7-10,14-17,20-22H,4-6,11-13,18-19H2,1-3H3,(H,29,32). The summed E-state index contributed by atoms with van der Waals surface area (Å²) in [5, 5.41) is 3.25. The van der Waals surface area contributed by atoms with Crippen molar-refractivity contribution < 1.29 is 9.53 Å². The smallest absolute Gasteiger partial charge is 0.223 e. The van der Waals surface area contributed by atoms with Crippen molar-refractivity contribution in [2.75, 3.05) is 6.61 Å². The van der Waals surface area contributed by atoms with E-state index in [1.807, 2.05) is 31.2 Å². The third kappa shape index (κ3) is 5.58. The summed E-state index contributed by atoms with van der Waals surface area (Å²) in [5.74, 6) is 2.64. The van der Waals surface area contributed by atoms with Gasteiger partial charge >= 0.3 is 0 Å². The number of benzene rings is 2. The molecule has 1 saturated carbocycles. The number of carbonyl (C=O) groups excluding carboxylic acids is 1. The van der Waals surface area contributed by atoms with Gasteiger partial charge in [-0.3, -0.25) is 4.79 Å². The molecule has 176 valence electrons. The summed E-state index contributed by atoms with van der Waals surface area (Å²) in [7, 11) is 0. The first-order chi connectivity index (χ1) is 16.0. The van der Waals surface area contributed by atoms with Gasteiger partial charge in [-0.15, -0.1) is 0 Å². The molecule has 1 aliphatic rings. The highest BCUT2D eigenvalue weighted by atomic mass is 16.5. The van der Waals surface area contributed by atoms with Crippen LogP contribution in [0.25, 0.3) is 11.0 Å². The molecule has 1 fully saturated rings. The highest BCUT2D eigenvalue weighted by Gasteiger charge is 2.24. The molecule has 0 saturated heterocycles. The van der Waals surface area contributed by atoms with E-state index in [1.54, 1.807) is 0 Å². The van der Waals surface area contributed by atoms with E-state index in [9.17, 15) is 4.79 Å². The Morgan fingerprint density at radius 1 is 1.06 bits per heavy atom. The lowest BCUT2D eigenvalue weighted by Crippen LogP contribution is -2.35. The normalized spacial score (nSPS) is 15.6. The molecule has 1 heterocycles. The summed E-state index contributed by atoms with van der Waals surface area (Å²) in [6.45, 7) is 7.86. The number of aryl methyl sites for hydroxylation is 1. The summed E-state index contributed by atoms with van der Waals surface area (Å²) in [6.07, 6.45) is 6.44. The Balaban J connectivity index is 1.44. The first-order valence-electron chi connectivity index (χ1n) is 12.5. The Morgan fingerprint density at radius 3 is 2.58 bits per heavy atom. The maximum Gasteiger partial charge on any atom is 0.223 e. The molecule has 0 radical (unpaired) electrons. The molecule has 4 rings (SSSR count). The molecular weight excluding hydrogens is 410 g/mol. The largest absolute Gasteiger partial charge is 0.493 e. The highest BCUT2D eigenvalue weighted by molar-refractivity contribution is 5.80. The zero-order valence-electron chi connectivity index (χ0n) is 20.2. The molecule has 5 nitrogen and oxygen atoms in total.